The molecule has 1 aromatic carbocycles. The van der Waals surface area contributed by atoms with Gasteiger partial charge in [-0.05, 0) is 61.2 Å². The first-order chi connectivity index (χ1) is 14.5. The van der Waals surface area contributed by atoms with Gasteiger partial charge in [0.05, 0.1) is 14.2 Å². The Kier molecular flexibility index (Phi) is 7.06. The Labute approximate surface area is 176 Å². The molecule has 2 heterocycles. The molecule has 7 nitrogen and oxygen atoms in total. The van der Waals surface area contributed by atoms with E-state index >= 15 is 0 Å². The van der Waals surface area contributed by atoms with Gasteiger partial charge in [-0.1, -0.05) is 6.07 Å². The Morgan fingerprint density at radius 1 is 1.10 bits per heavy atom. The number of benzene rings is 1. The summed E-state index contributed by atoms with van der Waals surface area (Å²) in [6.45, 7) is 3.06. The van der Waals surface area contributed by atoms with Crippen molar-refractivity contribution >= 4 is 23.7 Å². The summed E-state index contributed by atoms with van der Waals surface area (Å²) < 4.78 is 10.5. The molecular formula is C23H27N3O4. The number of anilines is 1. The largest absolute Gasteiger partial charge is 0.493 e. The van der Waals surface area contributed by atoms with Gasteiger partial charge in [-0.15, -0.1) is 0 Å². The third-order valence-electron chi connectivity index (χ3n) is 5.17. The van der Waals surface area contributed by atoms with Crippen LogP contribution in [-0.2, 0) is 9.59 Å². The summed E-state index contributed by atoms with van der Waals surface area (Å²) in [7, 11) is 3.16. The van der Waals surface area contributed by atoms with E-state index in [1.54, 1.807) is 43.5 Å². The molecule has 1 saturated heterocycles. The van der Waals surface area contributed by atoms with Crippen LogP contribution in [0.4, 0.5) is 5.82 Å². The van der Waals surface area contributed by atoms with Crippen LogP contribution in [0.2, 0.25) is 0 Å². The summed E-state index contributed by atoms with van der Waals surface area (Å²) in [5.41, 5.74) is 1.89. The molecule has 2 amide bonds. The van der Waals surface area contributed by atoms with Crippen molar-refractivity contribution in [2.45, 2.75) is 19.8 Å². The lowest BCUT2D eigenvalue weighted by molar-refractivity contribution is -0.130. The van der Waals surface area contributed by atoms with Crippen LogP contribution >= 0.6 is 0 Å². The van der Waals surface area contributed by atoms with E-state index in [-0.39, 0.29) is 17.7 Å². The van der Waals surface area contributed by atoms with Crippen LogP contribution in [0, 0.1) is 12.8 Å². The number of nitrogens with one attached hydrogen (secondary N) is 1. The van der Waals surface area contributed by atoms with Gasteiger partial charge in [0, 0.05) is 31.3 Å². The topological polar surface area (TPSA) is 80.8 Å². The molecule has 30 heavy (non-hydrogen) atoms. The highest BCUT2D eigenvalue weighted by Crippen LogP contribution is 2.28. The Morgan fingerprint density at radius 2 is 1.83 bits per heavy atom. The molecule has 0 aliphatic carbocycles. The van der Waals surface area contributed by atoms with Gasteiger partial charge >= 0.3 is 0 Å². The number of hydrogen-bond donors (Lipinski definition) is 1. The first-order valence-electron chi connectivity index (χ1n) is 9.92. The van der Waals surface area contributed by atoms with E-state index in [1.807, 2.05) is 31.2 Å². The number of carbonyl (C=O) groups is 2. The van der Waals surface area contributed by atoms with Crippen molar-refractivity contribution in [1.29, 1.82) is 0 Å². The molecule has 0 unspecified atom stereocenters. The lowest BCUT2D eigenvalue weighted by Gasteiger charge is -2.30. The molecule has 0 spiro atoms. The average Bonchev–Trinajstić information content (AvgIpc) is 2.77. The molecule has 1 fully saturated rings. The predicted molar refractivity (Wildman–Crippen MR) is 115 cm³/mol. The number of aryl methyl sites for hydroxylation is 1. The number of aromatic nitrogens is 1. The SMILES string of the molecule is COc1ccc(C=CC(=O)N2CCC(C(=O)Nc3cc(C)ccn3)CC2)cc1OC. The van der Waals surface area contributed by atoms with Crippen LogP contribution in [-0.4, -0.2) is 49.0 Å². The standard InChI is InChI=1S/C23H27N3O4/c1-16-8-11-24-21(14-16)25-23(28)18-9-12-26(13-10-18)22(27)7-5-17-4-6-19(29-2)20(15-17)30-3/h4-8,11,14-15,18H,9-10,12-13H2,1-3H3,(H,24,25,28). The lowest BCUT2D eigenvalue weighted by atomic mass is 9.96. The number of rotatable bonds is 6. The smallest absolute Gasteiger partial charge is 0.246 e. The van der Waals surface area contributed by atoms with Gasteiger partial charge in [0.25, 0.3) is 0 Å². The van der Waals surface area contributed by atoms with Gasteiger partial charge in [0.1, 0.15) is 5.82 Å². The fourth-order valence-corrected chi connectivity index (χ4v) is 3.42. The number of nitrogens with zero attached hydrogens (tertiary/aromatic N) is 2. The van der Waals surface area contributed by atoms with E-state index in [0.29, 0.717) is 43.2 Å². The van der Waals surface area contributed by atoms with Crippen LogP contribution in [0.3, 0.4) is 0 Å². The minimum absolute atomic E-state index is 0.0407. The van der Waals surface area contributed by atoms with Crippen LogP contribution < -0.4 is 14.8 Å². The maximum absolute atomic E-state index is 12.5. The molecule has 3 rings (SSSR count). The van der Waals surface area contributed by atoms with Crippen LogP contribution in [0.15, 0.2) is 42.6 Å². The van der Waals surface area contributed by atoms with Gasteiger partial charge < -0.3 is 19.7 Å². The number of ether oxygens (including phenoxy) is 2. The monoisotopic (exact) mass is 409 g/mol. The molecule has 0 bridgehead atoms. The maximum atomic E-state index is 12.5. The normalized spacial score (nSPS) is 14.6. The van der Waals surface area contributed by atoms with Gasteiger partial charge in [-0.25, -0.2) is 4.98 Å². The molecular weight excluding hydrogens is 382 g/mol. The molecule has 1 aliphatic heterocycles. The molecule has 158 valence electrons. The lowest BCUT2D eigenvalue weighted by Crippen LogP contribution is -2.40. The third-order valence-corrected chi connectivity index (χ3v) is 5.17. The minimum atomic E-state index is -0.119. The maximum Gasteiger partial charge on any atom is 0.246 e. The summed E-state index contributed by atoms with van der Waals surface area (Å²) in [5.74, 6) is 1.59. The van der Waals surface area contributed by atoms with Crippen molar-refractivity contribution in [2.75, 3.05) is 32.6 Å². The third kappa shape index (κ3) is 5.37. The second kappa shape index (κ2) is 9.91. The molecule has 1 aromatic heterocycles. The Balaban J connectivity index is 1.52. The number of carbonyl (C=O) groups excluding carboxylic acids is 2. The number of likely N-dealkylation sites (tertiary alicyclic amines) is 1. The summed E-state index contributed by atoms with van der Waals surface area (Å²) in [5, 5.41) is 2.87. The molecule has 0 radical (unpaired) electrons. The first kappa shape index (κ1) is 21.4. The first-order valence-corrected chi connectivity index (χ1v) is 9.92. The van der Waals surface area contributed by atoms with Crippen LogP contribution in [0.5, 0.6) is 11.5 Å². The molecule has 1 aliphatic rings. The number of piperidine rings is 1. The summed E-state index contributed by atoms with van der Waals surface area (Å²) in [4.78, 5) is 31.0. The highest BCUT2D eigenvalue weighted by atomic mass is 16.5. The van der Waals surface area contributed by atoms with E-state index < -0.39 is 0 Å². The van der Waals surface area contributed by atoms with E-state index in [0.717, 1.165) is 11.1 Å². The average molecular weight is 409 g/mol. The predicted octanol–water partition coefficient (Wildman–Crippen LogP) is 3.30. The molecule has 0 atom stereocenters. The fraction of sp³-hybridized carbons (Fsp3) is 0.348. The van der Waals surface area contributed by atoms with E-state index in [1.165, 1.54) is 0 Å². The summed E-state index contributed by atoms with van der Waals surface area (Å²) >= 11 is 0. The number of pyridine rings is 1. The Hall–Kier alpha value is -3.35. The second-order valence-corrected chi connectivity index (χ2v) is 7.25. The molecule has 1 N–H and O–H groups in total. The van der Waals surface area contributed by atoms with Crippen LogP contribution in [0.25, 0.3) is 6.08 Å². The van der Waals surface area contributed by atoms with Gasteiger partial charge in [-0.3, -0.25) is 9.59 Å². The zero-order valence-electron chi connectivity index (χ0n) is 17.6. The molecule has 7 heteroatoms. The Morgan fingerprint density at radius 3 is 2.50 bits per heavy atom. The van der Waals surface area contributed by atoms with Crippen molar-refractivity contribution in [2.24, 2.45) is 5.92 Å². The van der Waals surface area contributed by atoms with E-state index in [9.17, 15) is 9.59 Å². The summed E-state index contributed by atoms with van der Waals surface area (Å²) in [6, 6.07) is 9.21. The summed E-state index contributed by atoms with van der Waals surface area (Å²) in [6.07, 6.45) is 6.25. The zero-order valence-corrected chi connectivity index (χ0v) is 17.6. The van der Waals surface area contributed by atoms with Gasteiger partial charge in [0.15, 0.2) is 11.5 Å². The molecule has 2 aromatic rings. The highest BCUT2D eigenvalue weighted by Gasteiger charge is 2.26. The second-order valence-electron chi connectivity index (χ2n) is 7.25. The number of hydrogen-bond acceptors (Lipinski definition) is 5. The Bertz CT molecular complexity index is 934. The van der Waals surface area contributed by atoms with Crippen molar-refractivity contribution in [3.63, 3.8) is 0 Å². The highest BCUT2D eigenvalue weighted by molar-refractivity contribution is 5.93. The van der Waals surface area contributed by atoms with E-state index in [2.05, 4.69) is 10.3 Å². The quantitative estimate of drug-likeness (QED) is 0.741. The molecule has 0 saturated carbocycles. The van der Waals surface area contributed by atoms with Crippen molar-refractivity contribution < 1.29 is 19.1 Å². The van der Waals surface area contributed by atoms with Gasteiger partial charge in [-0.2, -0.15) is 0 Å². The number of amides is 2. The van der Waals surface area contributed by atoms with Crippen molar-refractivity contribution in [3.05, 3.63) is 53.7 Å². The van der Waals surface area contributed by atoms with Crippen molar-refractivity contribution in [3.8, 4) is 11.5 Å². The zero-order chi connectivity index (χ0) is 21.5. The van der Waals surface area contributed by atoms with E-state index in [4.69, 9.17) is 9.47 Å². The van der Waals surface area contributed by atoms with Crippen molar-refractivity contribution in [1.82, 2.24) is 9.88 Å². The van der Waals surface area contributed by atoms with Gasteiger partial charge in [0.2, 0.25) is 11.8 Å². The minimum Gasteiger partial charge on any atom is -0.493 e. The van der Waals surface area contributed by atoms with Crippen LogP contribution in [0.1, 0.15) is 24.0 Å². The number of methoxy groups -OCH3 is 2. The fourth-order valence-electron chi connectivity index (χ4n) is 3.42.